The lowest BCUT2D eigenvalue weighted by Crippen LogP contribution is -2.37. The Bertz CT molecular complexity index is 707. The fourth-order valence-corrected chi connectivity index (χ4v) is 3.93. The molecule has 23 heavy (non-hydrogen) atoms. The van der Waals surface area contributed by atoms with Crippen molar-refractivity contribution in [3.05, 3.63) is 77.6 Å². The van der Waals surface area contributed by atoms with Crippen LogP contribution in [0.4, 0.5) is 0 Å². The smallest absolute Gasteiger partial charge is 0.174 e. The minimum atomic E-state index is 0.214. The monoisotopic (exact) mass is 306 g/mol. The fourth-order valence-electron chi connectivity index (χ4n) is 3.93. The van der Waals surface area contributed by atoms with Crippen LogP contribution in [0, 0.1) is 11.8 Å². The minimum absolute atomic E-state index is 0.214. The Kier molecular flexibility index (Phi) is 4.00. The van der Waals surface area contributed by atoms with Crippen molar-refractivity contribution >= 4 is 0 Å². The largest absolute Gasteiger partial charge is 0.372 e. The molecule has 0 radical (unpaired) electrons. The summed E-state index contributed by atoms with van der Waals surface area (Å²) in [7, 11) is 0. The van der Waals surface area contributed by atoms with Gasteiger partial charge in [0.25, 0.3) is 0 Å². The molecule has 0 amide bonds. The highest BCUT2D eigenvalue weighted by Gasteiger charge is 2.36. The number of hydrogen-bond donors (Lipinski definition) is 0. The summed E-state index contributed by atoms with van der Waals surface area (Å²) < 4.78 is 8.52. The Labute approximate surface area is 138 Å². The number of fused-ring (bicyclic) bond motifs is 2. The number of rotatable bonds is 3. The number of pyridine rings is 1. The Hall–Kier alpha value is -1.93. The van der Waals surface area contributed by atoms with E-state index in [4.69, 9.17) is 4.74 Å². The van der Waals surface area contributed by atoms with E-state index in [1.165, 1.54) is 29.5 Å². The van der Waals surface area contributed by atoms with Gasteiger partial charge in [0.2, 0.25) is 0 Å². The summed E-state index contributed by atoms with van der Waals surface area (Å²) in [6.07, 6.45) is 9.52. The first-order valence-electron chi connectivity index (χ1n) is 8.61. The molecule has 4 rings (SSSR count). The first-order valence-corrected chi connectivity index (χ1v) is 8.61. The van der Waals surface area contributed by atoms with Crippen LogP contribution in [0.5, 0.6) is 0 Å². The first kappa shape index (κ1) is 14.6. The number of ether oxygens (including phenoxy) is 1. The molecule has 1 aromatic heterocycles. The standard InChI is InChI=1S/C21H24NO/c1-16-9-10-18-12-20(16)21(23-15-18)19-8-5-11-22(14-19)13-17-6-3-2-4-7-17/h2-9,11,14,18,20-21H,10,12-13,15H2,1H3/q+1/t18-,20+,21+/m0/s1. The summed E-state index contributed by atoms with van der Waals surface area (Å²) in [5, 5.41) is 0. The minimum Gasteiger partial charge on any atom is -0.372 e. The summed E-state index contributed by atoms with van der Waals surface area (Å²) in [5.41, 5.74) is 4.14. The summed E-state index contributed by atoms with van der Waals surface area (Å²) in [4.78, 5) is 0. The van der Waals surface area contributed by atoms with Gasteiger partial charge in [-0.2, -0.15) is 0 Å². The third kappa shape index (κ3) is 3.09. The van der Waals surface area contributed by atoms with Crippen LogP contribution in [0.3, 0.4) is 0 Å². The summed E-state index contributed by atoms with van der Waals surface area (Å²) in [6.45, 7) is 4.07. The second kappa shape index (κ2) is 6.29. The maximum absolute atomic E-state index is 6.25. The zero-order valence-electron chi connectivity index (χ0n) is 13.7. The lowest BCUT2D eigenvalue weighted by molar-refractivity contribution is -0.689. The molecule has 118 valence electrons. The lowest BCUT2D eigenvalue weighted by Gasteiger charge is -2.39. The van der Waals surface area contributed by atoms with Gasteiger partial charge in [-0.25, -0.2) is 4.57 Å². The van der Waals surface area contributed by atoms with Gasteiger partial charge < -0.3 is 4.74 Å². The maximum Gasteiger partial charge on any atom is 0.174 e. The third-order valence-corrected chi connectivity index (χ3v) is 5.24. The highest BCUT2D eigenvalue weighted by Crippen LogP contribution is 2.43. The normalized spacial score (nSPS) is 26.7. The second-order valence-electron chi connectivity index (χ2n) is 6.94. The van der Waals surface area contributed by atoms with Crippen molar-refractivity contribution in [2.45, 2.75) is 32.4 Å². The molecule has 2 aliphatic rings. The van der Waals surface area contributed by atoms with Gasteiger partial charge in [0.05, 0.1) is 12.7 Å². The van der Waals surface area contributed by atoms with Gasteiger partial charge in [-0.3, -0.25) is 0 Å². The zero-order chi connectivity index (χ0) is 15.6. The molecule has 1 fully saturated rings. The molecule has 0 saturated carbocycles. The van der Waals surface area contributed by atoms with E-state index < -0.39 is 0 Å². The summed E-state index contributed by atoms with van der Waals surface area (Å²) in [5.74, 6) is 1.27. The van der Waals surface area contributed by atoms with Gasteiger partial charge in [0.1, 0.15) is 0 Å². The van der Waals surface area contributed by atoms with Gasteiger partial charge in [-0.1, -0.05) is 42.0 Å². The van der Waals surface area contributed by atoms with E-state index in [9.17, 15) is 0 Å². The average molecular weight is 306 g/mol. The van der Waals surface area contributed by atoms with Crippen LogP contribution in [0.2, 0.25) is 0 Å². The van der Waals surface area contributed by atoms with Crippen LogP contribution in [0.15, 0.2) is 66.5 Å². The molecule has 3 atom stereocenters. The lowest BCUT2D eigenvalue weighted by atomic mass is 9.75. The van der Waals surface area contributed by atoms with Crippen molar-refractivity contribution < 1.29 is 9.30 Å². The van der Waals surface area contributed by atoms with Crippen LogP contribution in [0.1, 0.15) is 37.0 Å². The van der Waals surface area contributed by atoms with Crippen LogP contribution in [-0.2, 0) is 11.3 Å². The Morgan fingerprint density at radius 2 is 2.00 bits per heavy atom. The van der Waals surface area contributed by atoms with E-state index in [1.807, 2.05) is 0 Å². The van der Waals surface area contributed by atoms with Crippen LogP contribution < -0.4 is 4.57 Å². The maximum atomic E-state index is 6.25. The van der Waals surface area contributed by atoms with Gasteiger partial charge >= 0.3 is 0 Å². The number of allylic oxidation sites excluding steroid dienone is 1. The van der Waals surface area contributed by atoms with E-state index in [0.717, 1.165) is 19.1 Å². The van der Waals surface area contributed by atoms with Crippen LogP contribution in [0.25, 0.3) is 0 Å². The molecule has 1 aliphatic heterocycles. The molecule has 2 heterocycles. The van der Waals surface area contributed by atoms with E-state index in [0.29, 0.717) is 5.92 Å². The van der Waals surface area contributed by atoms with Crippen molar-refractivity contribution in [2.24, 2.45) is 11.8 Å². The molecule has 1 aliphatic carbocycles. The highest BCUT2D eigenvalue weighted by atomic mass is 16.5. The van der Waals surface area contributed by atoms with Crippen molar-refractivity contribution in [3.8, 4) is 0 Å². The topological polar surface area (TPSA) is 13.1 Å². The molecule has 2 nitrogen and oxygen atoms in total. The number of benzene rings is 1. The van der Waals surface area contributed by atoms with Crippen molar-refractivity contribution in [1.29, 1.82) is 0 Å². The average Bonchev–Trinajstić information content (AvgIpc) is 2.60. The van der Waals surface area contributed by atoms with E-state index in [-0.39, 0.29) is 6.10 Å². The van der Waals surface area contributed by atoms with Crippen LogP contribution >= 0.6 is 0 Å². The van der Waals surface area contributed by atoms with Gasteiger partial charge in [0.15, 0.2) is 18.9 Å². The third-order valence-electron chi connectivity index (χ3n) is 5.24. The molecule has 1 saturated heterocycles. The first-order chi connectivity index (χ1) is 11.3. The van der Waals surface area contributed by atoms with Gasteiger partial charge in [-0.05, 0) is 31.7 Å². The highest BCUT2D eigenvalue weighted by molar-refractivity contribution is 5.20. The summed E-state index contributed by atoms with van der Waals surface area (Å²) in [6, 6.07) is 15.0. The molecule has 0 spiro atoms. The Morgan fingerprint density at radius 3 is 2.87 bits per heavy atom. The molecule has 0 unspecified atom stereocenters. The SMILES string of the molecule is CC1=CC[C@@H]2CO[C@H](c3ccc[n+](Cc4ccccc4)c3)[C@@H]1C2. The van der Waals surface area contributed by atoms with E-state index in [2.05, 4.69) is 72.4 Å². The van der Waals surface area contributed by atoms with Crippen molar-refractivity contribution in [3.63, 3.8) is 0 Å². The number of aromatic nitrogens is 1. The number of nitrogens with zero attached hydrogens (tertiary/aromatic N) is 1. The van der Waals surface area contributed by atoms with Crippen molar-refractivity contribution in [2.75, 3.05) is 6.61 Å². The quantitative estimate of drug-likeness (QED) is 0.615. The van der Waals surface area contributed by atoms with Gasteiger partial charge in [-0.15, -0.1) is 0 Å². The Balaban J connectivity index is 1.58. The zero-order valence-corrected chi connectivity index (χ0v) is 13.7. The molecule has 2 aromatic rings. The fraction of sp³-hybridized carbons (Fsp3) is 0.381. The molecule has 2 bridgehead atoms. The van der Waals surface area contributed by atoms with Gasteiger partial charge in [0, 0.05) is 23.1 Å². The number of hydrogen-bond acceptors (Lipinski definition) is 1. The second-order valence-corrected chi connectivity index (χ2v) is 6.94. The predicted octanol–water partition coefficient (Wildman–Crippen LogP) is 4.07. The Morgan fingerprint density at radius 1 is 1.13 bits per heavy atom. The molecular formula is C21H24NO+. The molecule has 2 heteroatoms. The van der Waals surface area contributed by atoms with E-state index >= 15 is 0 Å². The van der Waals surface area contributed by atoms with Crippen molar-refractivity contribution in [1.82, 2.24) is 0 Å². The van der Waals surface area contributed by atoms with Crippen LogP contribution in [-0.4, -0.2) is 6.61 Å². The molecule has 0 N–H and O–H groups in total. The summed E-state index contributed by atoms with van der Waals surface area (Å²) >= 11 is 0. The molecule has 1 aromatic carbocycles. The predicted molar refractivity (Wildman–Crippen MR) is 90.8 cm³/mol. The molecular weight excluding hydrogens is 282 g/mol. The van der Waals surface area contributed by atoms with E-state index in [1.54, 1.807) is 0 Å².